The predicted octanol–water partition coefficient (Wildman–Crippen LogP) is 3.26. The van der Waals surface area contributed by atoms with Crippen LogP contribution in [-0.2, 0) is 11.2 Å². The van der Waals surface area contributed by atoms with E-state index < -0.39 is 11.7 Å². The number of aliphatic hydroxyl groups is 1. The number of hydrogen-bond acceptors (Lipinski definition) is 3. The molecular weight excluding hydrogens is 341 g/mol. The molecule has 0 spiro atoms. The number of aliphatic hydroxyl groups excluding tert-OH is 1. The number of alkyl carbamates (subject to hydrolysis) is 1. The molecule has 0 aromatic heterocycles. The molecule has 1 aromatic carbocycles. The van der Waals surface area contributed by atoms with Crippen molar-refractivity contribution < 1.29 is 19.0 Å². The van der Waals surface area contributed by atoms with E-state index in [1.807, 2.05) is 0 Å². The van der Waals surface area contributed by atoms with Crippen LogP contribution in [0.2, 0.25) is 0 Å². The van der Waals surface area contributed by atoms with Crippen molar-refractivity contribution >= 4 is 22.0 Å². The van der Waals surface area contributed by atoms with Crippen molar-refractivity contribution in [1.29, 1.82) is 0 Å². The van der Waals surface area contributed by atoms with Crippen molar-refractivity contribution in [3.8, 4) is 0 Å². The van der Waals surface area contributed by atoms with Gasteiger partial charge in [0, 0.05) is 23.5 Å². The monoisotopic (exact) mass is 361 g/mol. The van der Waals surface area contributed by atoms with E-state index in [0.717, 1.165) is 5.56 Å². The number of benzene rings is 1. The molecule has 1 amide bonds. The fourth-order valence-electron chi connectivity index (χ4n) is 1.81. The highest BCUT2D eigenvalue weighted by Crippen LogP contribution is 2.17. The van der Waals surface area contributed by atoms with Crippen molar-refractivity contribution in [3.63, 3.8) is 0 Å². The van der Waals surface area contributed by atoms with Crippen LogP contribution in [0.4, 0.5) is 9.18 Å². The van der Waals surface area contributed by atoms with Crippen LogP contribution in [0.5, 0.6) is 0 Å². The molecule has 1 atom stereocenters. The third kappa shape index (κ3) is 7.43. The number of carbonyl (C=O) groups is 1. The first kappa shape index (κ1) is 17.9. The maximum absolute atomic E-state index is 13.3. The van der Waals surface area contributed by atoms with Crippen molar-refractivity contribution in [2.45, 2.75) is 32.8 Å². The second-order valence-electron chi connectivity index (χ2n) is 5.91. The summed E-state index contributed by atoms with van der Waals surface area (Å²) >= 11 is 3.23. The zero-order valence-corrected chi connectivity index (χ0v) is 14.0. The molecule has 0 aliphatic heterocycles. The largest absolute Gasteiger partial charge is 0.444 e. The Balaban J connectivity index is 2.54. The second kappa shape index (κ2) is 7.75. The van der Waals surface area contributed by atoms with E-state index in [1.165, 1.54) is 12.1 Å². The molecule has 118 valence electrons. The molecule has 0 saturated carbocycles. The van der Waals surface area contributed by atoms with Gasteiger partial charge in [-0.1, -0.05) is 15.9 Å². The Morgan fingerprint density at radius 1 is 1.43 bits per heavy atom. The Morgan fingerprint density at radius 2 is 2.10 bits per heavy atom. The Bertz CT molecular complexity index is 468. The van der Waals surface area contributed by atoms with Gasteiger partial charge in [0.15, 0.2) is 0 Å². The van der Waals surface area contributed by atoms with Gasteiger partial charge in [-0.25, -0.2) is 9.18 Å². The lowest BCUT2D eigenvalue weighted by molar-refractivity contribution is 0.0512. The van der Waals surface area contributed by atoms with Gasteiger partial charge in [-0.15, -0.1) is 0 Å². The fourth-order valence-corrected chi connectivity index (χ4v) is 2.32. The van der Waals surface area contributed by atoms with Gasteiger partial charge in [0.1, 0.15) is 11.4 Å². The van der Waals surface area contributed by atoms with Gasteiger partial charge < -0.3 is 15.2 Å². The topological polar surface area (TPSA) is 58.6 Å². The number of nitrogens with one attached hydrogen (secondary N) is 1. The van der Waals surface area contributed by atoms with Crippen LogP contribution in [0.3, 0.4) is 0 Å². The number of halogens is 2. The zero-order chi connectivity index (χ0) is 16.0. The smallest absolute Gasteiger partial charge is 0.407 e. The summed E-state index contributed by atoms with van der Waals surface area (Å²) in [4.78, 5) is 11.6. The highest BCUT2D eigenvalue weighted by atomic mass is 79.9. The minimum atomic E-state index is -0.563. The van der Waals surface area contributed by atoms with Gasteiger partial charge in [-0.05, 0) is 51.0 Å². The SMILES string of the molecule is CC(C)(C)OC(=O)NC[C@H](CO)Cc1cc(F)cc(Br)c1. The standard InChI is InChI=1S/C15H21BrFNO3/c1-15(2,3)21-14(20)18-8-11(9-19)4-10-5-12(16)7-13(17)6-10/h5-7,11,19H,4,8-9H2,1-3H3,(H,18,20)/t11-/m1/s1. The van der Waals surface area contributed by atoms with E-state index in [4.69, 9.17) is 4.74 Å². The fraction of sp³-hybridized carbons (Fsp3) is 0.533. The summed E-state index contributed by atoms with van der Waals surface area (Å²) in [5.41, 5.74) is 0.193. The Labute approximate surface area is 132 Å². The van der Waals surface area contributed by atoms with Gasteiger partial charge in [0.2, 0.25) is 0 Å². The Kier molecular flexibility index (Phi) is 6.61. The molecule has 21 heavy (non-hydrogen) atoms. The number of rotatable bonds is 5. The third-order valence-electron chi connectivity index (χ3n) is 2.64. The molecule has 0 saturated heterocycles. The maximum atomic E-state index is 13.3. The average Bonchev–Trinajstić information content (AvgIpc) is 2.31. The molecule has 6 heteroatoms. The van der Waals surface area contributed by atoms with Crippen LogP contribution in [0.25, 0.3) is 0 Å². The molecule has 1 aromatic rings. The van der Waals surface area contributed by atoms with E-state index in [2.05, 4.69) is 21.2 Å². The molecule has 0 heterocycles. The summed E-state index contributed by atoms with van der Waals surface area (Å²) in [6.45, 7) is 5.49. The molecule has 0 fully saturated rings. The van der Waals surface area contributed by atoms with Crippen LogP contribution in [0.15, 0.2) is 22.7 Å². The normalized spacial score (nSPS) is 12.9. The van der Waals surface area contributed by atoms with Crippen LogP contribution >= 0.6 is 15.9 Å². The van der Waals surface area contributed by atoms with Gasteiger partial charge in [-0.2, -0.15) is 0 Å². The highest BCUT2D eigenvalue weighted by molar-refractivity contribution is 9.10. The Morgan fingerprint density at radius 3 is 2.62 bits per heavy atom. The first-order valence-corrected chi connectivity index (χ1v) is 7.51. The van der Waals surface area contributed by atoms with Crippen LogP contribution < -0.4 is 5.32 Å². The Hall–Kier alpha value is -1.14. The molecule has 0 bridgehead atoms. The first-order valence-electron chi connectivity index (χ1n) is 6.72. The minimum absolute atomic E-state index is 0.107. The lowest BCUT2D eigenvalue weighted by Crippen LogP contribution is -2.36. The van der Waals surface area contributed by atoms with Crippen molar-refractivity contribution in [3.05, 3.63) is 34.1 Å². The summed E-state index contributed by atoms with van der Waals surface area (Å²) < 4.78 is 19.1. The van der Waals surface area contributed by atoms with E-state index >= 15 is 0 Å². The number of hydrogen-bond donors (Lipinski definition) is 2. The third-order valence-corrected chi connectivity index (χ3v) is 3.10. The lowest BCUT2D eigenvalue weighted by atomic mass is 10.00. The summed E-state index contributed by atoms with van der Waals surface area (Å²) in [5, 5.41) is 12.0. The van der Waals surface area contributed by atoms with Gasteiger partial charge in [-0.3, -0.25) is 0 Å². The number of carbonyl (C=O) groups excluding carboxylic acids is 1. The van der Waals surface area contributed by atoms with Crippen LogP contribution in [0, 0.1) is 11.7 Å². The number of amides is 1. The minimum Gasteiger partial charge on any atom is -0.444 e. The van der Waals surface area contributed by atoms with Crippen molar-refractivity contribution in [2.24, 2.45) is 5.92 Å². The van der Waals surface area contributed by atoms with E-state index in [0.29, 0.717) is 10.9 Å². The molecule has 0 radical (unpaired) electrons. The van der Waals surface area contributed by atoms with Crippen molar-refractivity contribution in [2.75, 3.05) is 13.2 Å². The predicted molar refractivity (Wildman–Crippen MR) is 82.6 cm³/mol. The van der Waals surface area contributed by atoms with Crippen molar-refractivity contribution in [1.82, 2.24) is 5.32 Å². The summed E-state index contributed by atoms with van der Waals surface area (Å²) in [5.74, 6) is -0.539. The molecule has 1 rings (SSSR count). The van der Waals surface area contributed by atoms with Gasteiger partial charge in [0.25, 0.3) is 0 Å². The summed E-state index contributed by atoms with van der Waals surface area (Å²) in [6, 6.07) is 4.58. The quantitative estimate of drug-likeness (QED) is 0.845. The molecule has 2 N–H and O–H groups in total. The molecule has 0 aliphatic rings. The average molecular weight is 362 g/mol. The second-order valence-corrected chi connectivity index (χ2v) is 6.83. The van der Waals surface area contributed by atoms with Crippen LogP contribution in [0.1, 0.15) is 26.3 Å². The summed E-state index contributed by atoms with van der Waals surface area (Å²) in [6.07, 6.45) is -0.0655. The highest BCUT2D eigenvalue weighted by Gasteiger charge is 2.17. The molecule has 0 aliphatic carbocycles. The zero-order valence-electron chi connectivity index (χ0n) is 12.5. The van der Waals surface area contributed by atoms with Crippen LogP contribution in [-0.4, -0.2) is 30.0 Å². The van der Waals surface area contributed by atoms with E-state index in [-0.39, 0.29) is 24.9 Å². The van der Waals surface area contributed by atoms with Gasteiger partial charge >= 0.3 is 6.09 Å². The van der Waals surface area contributed by atoms with E-state index in [9.17, 15) is 14.3 Å². The molecule has 4 nitrogen and oxygen atoms in total. The van der Waals surface area contributed by atoms with E-state index in [1.54, 1.807) is 26.8 Å². The summed E-state index contributed by atoms with van der Waals surface area (Å²) in [7, 11) is 0. The van der Waals surface area contributed by atoms with Gasteiger partial charge in [0.05, 0.1) is 0 Å². The lowest BCUT2D eigenvalue weighted by Gasteiger charge is -2.21. The molecular formula is C15H21BrFNO3. The number of ether oxygens (including phenoxy) is 1. The molecule has 0 unspecified atom stereocenters. The first-order chi connectivity index (χ1) is 9.69. The maximum Gasteiger partial charge on any atom is 0.407 e.